The number of ether oxygens (including phenoxy) is 1. The summed E-state index contributed by atoms with van der Waals surface area (Å²) in [6.07, 6.45) is 3.09. The topological polar surface area (TPSA) is 117 Å². The number of thiazole rings is 1. The predicted octanol–water partition coefficient (Wildman–Crippen LogP) is 2.30. The van der Waals surface area contributed by atoms with E-state index < -0.39 is 16.9 Å². The second kappa shape index (κ2) is 8.15. The van der Waals surface area contributed by atoms with E-state index in [2.05, 4.69) is 4.99 Å². The van der Waals surface area contributed by atoms with Crippen molar-refractivity contribution < 1.29 is 18.9 Å². The standard InChI is InChI=1S/C21H17N3O6S/c1-3-29-20(26)17-12(2)22-21-23(18(17)13-6-4-7-14(10-13)24(27)28)19(25)16(31-21)11-15-8-5-9-30-15/h4-11,18H,3H2,1-2H3/b16-11-. The zero-order valence-electron chi connectivity index (χ0n) is 16.6. The lowest BCUT2D eigenvalue weighted by molar-refractivity contribution is -0.384. The molecule has 0 N–H and O–H groups in total. The Morgan fingerprint density at radius 2 is 2.19 bits per heavy atom. The molecule has 1 aliphatic heterocycles. The van der Waals surface area contributed by atoms with E-state index in [1.54, 1.807) is 38.1 Å². The normalized spacial score (nSPS) is 16.1. The number of hydrogen-bond acceptors (Lipinski definition) is 8. The fourth-order valence-electron chi connectivity index (χ4n) is 3.42. The van der Waals surface area contributed by atoms with Crippen molar-refractivity contribution in [2.45, 2.75) is 19.9 Å². The molecule has 31 heavy (non-hydrogen) atoms. The lowest BCUT2D eigenvalue weighted by Gasteiger charge is -2.24. The van der Waals surface area contributed by atoms with Crippen LogP contribution in [0, 0.1) is 10.1 Å². The van der Waals surface area contributed by atoms with Crippen molar-refractivity contribution in [1.82, 2.24) is 4.57 Å². The monoisotopic (exact) mass is 439 g/mol. The van der Waals surface area contributed by atoms with Gasteiger partial charge in [0.05, 0.1) is 39.6 Å². The first kappa shape index (κ1) is 20.5. The highest BCUT2D eigenvalue weighted by Gasteiger charge is 2.34. The molecule has 0 amide bonds. The smallest absolute Gasteiger partial charge is 0.338 e. The molecule has 2 aromatic heterocycles. The van der Waals surface area contributed by atoms with Crippen molar-refractivity contribution in [3.8, 4) is 0 Å². The minimum absolute atomic E-state index is 0.139. The first-order chi connectivity index (χ1) is 14.9. The number of allylic oxidation sites excluding steroid dienone is 1. The van der Waals surface area contributed by atoms with Gasteiger partial charge in [-0.2, -0.15) is 0 Å². The molecular formula is C21H17N3O6S. The van der Waals surface area contributed by atoms with Crippen molar-refractivity contribution in [3.63, 3.8) is 0 Å². The van der Waals surface area contributed by atoms with Crippen LogP contribution in [0.1, 0.15) is 31.2 Å². The van der Waals surface area contributed by atoms with Crippen LogP contribution in [0.2, 0.25) is 0 Å². The third kappa shape index (κ3) is 3.73. The summed E-state index contributed by atoms with van der Waals surface area (Å²) in [5.74, 6) is -0.126. The lowest BCUT2D eigenvalue weighted by Crippen LogP contribution is -2.39. The molecule has 10 heteroatoms. The van der Waals surface area contributed by atoms with Gasteiger partial charge in [0.25, 0.3) is 11.2 Å². The fraction of sp³-hybridized carbons (Fsp3) is 0.190. The maximum absolute atomic E-state index is 13.3. The van der Waals surface area contributed by atoms with E-state index in [1.807, 2.05) is 0 Å². The van der Waals surface area contributed by atoms with E-state index in [0.29, 0.717) is 26.4 Å². The van der Waals surface area contributed by atoms with E-state index in [4.69, 9.17) is 9.15 Å². The number of nitrogens with zero attached hydrogens (tertiary/aromatic N) is 3. The highest BCUT2D eigenvalue weighted by atomic mass is 32.1. The molecule has 0 radical (unpaired) electrons. The number of fused-ring (bicyclic) bond motifs is 1. The van der Waals surface area contributed by atoms with Crippen LogP contribution in [0.3, 0.4) is 0 Å². The molecule has 158 valence electrons. The average molecular weight is 439 g/mol. The second-order valence-electron chi connectivity index (χ2n) is 6.67. The first-order valence-electron chi connectivity index (χ1n) is 9.38. The molecular weight excluding hydrogens is 422 g/mol. The number of carbonyl (C=O) groups is 1. The Morgan fingerprint density at radius 1 is 1.39 bits per heavy atom. The van der Waals surface area contributed by atoms with Crippen LogP contribution in [-0.4, -0.2) is 22.1 Å². The molecule has 3 heterocycles. The largest absolute Gasteiger partial charge is 0.465 e. The number of esters is 1. The Bertz CT molecular complexity index is 1380. The summed E-state index contributed by atoms with van der Waals surface area (Å²) in [6, 6.07) is 8.37. The van der Waals surface area contributed by atoms with Gasteiger partial charge < -0.3 is 9.15 Å². The van der Waals surface area contributed by atoms with Gasteiger partial charge in [-0.1, -0.05) is 23.5 Å². The van der Waals surface area contributed by atoms with Gasteiger partial charge in [0.1, 0.15) is 5.76 Å². The van der Waals surface area contributed by atoms with E-state index in [0.717, 1.165) is 11.3 Å². The zero-order valence-corrected chi connectivity index (χ0v) is 17.4. The molecule has 1 aromatic carbocycles. The molecule has 0 fully saturated rings. The number of nitro benzene ring substituents is 1. The van der Waals surface area contributed by atoms with Crippen LogP contribution in [0.15, 0.2) is 68.1 Å². The number of aromatic nitrogens is 1. The third-order valence-corrected chi connectivity index (χ3v) is 5.71. The van der Waals surface area contributed by atoms with Gasteiger partial charge in [0, 0.05) is 18.2 Å². The summed E-state index contributed by atoms with van der Waals surface area (Å²) in [7, 11) is 0. The molecule has 0 aliphatic carbocycles. The van der Waals surface area contributed by atoms with Gasteiger partial charge in [0.15, 0.2) is 4.80 Å². The lowest BCUT2D eigenvalue weighted by atomic mass is 9.95. The molecule has 1 unspecified atom stereocenters. The van der Waals surface area contributed by atoms with Crippen molar-refractivity contribution >= 4 is 29.1 Å². The van der Waals surface area contributed by atoms with E-state index in [9.17, 15) is 19.7 Å². The first-order valence-corrected chi connectivity index (χ1v) is 10.2. The van der Waals surface area contributed by atoms with Gasteiger partial charge in [0.2, 0.25) is 0 Å². The molecule has 1 atom stereocenters. The van der Waals surface area contributed by atoms with Gasteiger partial charge in [-0.15, -0.1) is 0 Å². The number of nitro groups is 1. The molecule has 0 bridgehead atoms. The van der Waals surface area contributed by atoms with Gasteiger partial charge in [-0.05, 0) is 31.5 Å². The molecule has 9 nitrogen and oxygen atoms in total. The van der Waals surface area contributed by atoms with E-state index in [-0.39, 0.29) is 23.4 Å². The van der Waals surface area contributed by atoms with E-state index >= 15 is 0 Å². The Hall–Kier alpha value is -3.79. The maximum atomic E-state index is 13.3. The number of rotatable bonds is 5. The van der Waals surface area contributed by atoms with Crippen LogP contribution in [0.4, 0.5) is 5.69 Å². The molecule has 3 aromatic rings. The third-order valence-electron chi connectivity index (χ3n) is 4.73. The minimum atomic E-state index is -0.908. The SMILES string of the molecule is CCOC(=O)C1=C(C)N=c2s/c(=C\c3ccco3)c(=O)n2C1c1cccc([N+](=O)[O-])c1. The molecule has 0 saturated heterocycles. The Labute approximate surface area is 179 Å². The summed E-state index contributed by atoms with van der Waals surface area (Å²) < 4.78 is 12.2. The number of carbonyl (C=O) groups excluding carboxylic acids is 1. The number of furan rings is 1. The summed E-state index contributed by atoms with van der Waals surface area (Å²) in [5.41, 5.74) is 0.441. The summed E-state index contributed by atoms with van der Waals surface area (Å²) >= 11 is 1.15. The van der Waals surface area contributed by atoms with Crippen LogP contribution >= 0.6 is 11.3 Å². The molecule has 0 spiro atoms. The summed E-state index contributed by atoms with van der Waals surface area (Å²) in [4.78, 5) is 41.7. The Balaban J connectivity index is 1.99. The van der Waals surface area contributed by atoms with Crippen molar-refractivity contribution in [2.75, 3.05) is 6.61 Å². The van der Waals surface area contributed by atoms with Crippen LogP contribution in [0.5, 0.6) is 0 Å². The average Bonchev–Trinajstić information content (AvgIpc) is 3.35. The Kier molecular flexibility index (Phi) is 5.38. The quantitative estimate of drug-likeness (QED) is 0.342. The second-order valence-corrected chi connectivity index (χ2v) is 7.68. The van der Waals surface area contributed by atoms with Crippen LogP contribution in [0.25, 0.3) is 6.08 Å². The molecule has 4 rings (SSSR count). The van der Waals surface area contributed by atoms with Gasteiger partial charge in [-0.25, -0.2) is 9.79 Å². The Morgan fingerprint density at radius 3 is 2.87 bits per heavy atom. The number of hydrogen-bond donors (Lipinski definition) is 0. The maximum Gasteiger partial charge on any atom is 0.338 e. The van der Waals surface area contributed by atoms with Crippen molar-refractivity contribution in [3.05, 3.63) is 95.1 Å². The molecule has 0 saturated carbocycles. The predicted molar refractivity (Wildman–Crippen MR) is 112 cm³/mol. The minimum Gasteiger partial charge on any atom is -0.465 e. The number of non-ortho nitro benzene ring substituents is 1. The van der Waals surface area contributed by atoms with Crippen molar-refractivity contribution in [2.24, 2.45) is 4.99 Å². The zero-order chi connectivity index (χ0) is 22.1. The van der Waals surface area contributed by atoms with Crippen LogP contribution < -0.4 is 14.9 Å². The summed E-state index contributed by atoms with van der Waals surface area (Å²) in [6.45, 7) is 3.47. The van der Waals surface area contributed by atoms with Crippen LogP contribution in [-0.2, 0) is 9.53 Å². The van der Waals surface area contributed by atoms with Crippen molar-refractivity contribution in [1.29, 1.82) is 0 Å². The molecule has 1 aliphatic rings. The van der Waals surface area contributed by atoms with Gasteiger partial charge >= 0.3 is 5.97 Å². The fourth-order valence-corrected chi connectivity index (χ4v) is 4.44. The number of benzene rings is 1. The highest BCUT2D eigenvalue weighted by molar-refractivity contribution is 7.07. The van der Waals surface area contributed by atoms with E-state index in [1.165, 1.54) is 29.0 Å². The van der Waals surface area contributed by atoms with Gasteiger partial charge in [-0.3, -0.25) is 19.5 Å². The highest BCUT2D eigenvalue weighted by Crippen LogP contribution is 2.32. The summed E-state index contributed by atoms with van der Waals surface area (Å²) in [5, 5.41) is 11.3.